The largest absolute Gasteiger partial charge is 0.390 e. The van der Waals surface area contributed by atoms with Gasteiger partial charge in [-0.25, -0.2) is 9.97 Å². The SMILES string of the molecule is COCCOCCN(CCOCCOC)c1nccc(CO)n1. The van der Waals surface area contributed by atoms with Crippen LogP contribution in [0.4, 0.5) is 5.95 Å². The molecule has 1 aromatic rings. The lowest BCUT2D eigenvalue weighted by Gasteiger charge is -2.22. The summed E-state index contributed by atoms with van der Waals surface area (Å²) in [6.45, 7) is 4.45. The summed E-state index contributed by atoms with van der Waals surface area (Å²) in [5, 5.41) is 9.20. The Balaban J connectivity index is 2.49. The fourth-order valence-corrected chi connectivity index (χ4v) is 1.77. The molecule has 0 aliphatic carbocycles. The molecule has 0 atom stereocenters. The third-order valence-corrected chi connectivity index (χ3v) is 3.02. The molecule has 1 N–H and O–H groups in total. The van der Waals surface area contributed by atoms with Crippen molar-refractivity contribution in [2.24, 2.45) is 0 Å². The molecule has 0 bridgehead atoms. The van der Waals surface area contributed by atoms with Crippen LogP contribution in [0.25, 0.3) is 0 Å². The van der Waals surface area contributed by atoms with E-state index < -0.39 is 0 Å². The Kier molecular flexibility index (Phi) is 11.3. The molecule has 1 rings (SSSR count). The predicted octanol–water partition coefficient (Wildman–Crippen LogP) is 0.101. The van der Waals surface area contributed by atoms with Gasteiger partial charge in [0.2, 0.25) is 5.95 Å². The molecule has 0 saturated heterocycles. The van der Waals surface area contributed by atoms with E-state index in [1.165, 1.54) is 0 Å². The van der Waals surface area contributed by atoms with Crippen LogP contribution in [-0.4, -0.2) is 82.0 Å². The van der Waals surface area contributed by atoms with Crippen molar-refractivity contribution < 1.29 is 24.1 Å². The summed E-state index contributed by atoms with van der Waals surface area (Å²) in [5.74, 6) is 0.558. The second-order valence-corrected chi connectivity index (χ2v) is 4.70. The van der Waals surface area contributed by atoms with E-state index >= 15 is 0 Å². The molecule has 8 nitrogen and oxygen atoms in total. The lowest BCUT2D eigenvalue weighted by molar-refractivity contribution is 0.0675. The Labute approximate surface area is 137 Å². The first-order chi connectivity index (χ1) is 11.3. The fraction of sp³-hybridized carbons (Fsp3) is 0.733. The van der Waals surface area contributed by atoms with Crippen LogP contribution in [-0.2, 0) is 25.6 Å². The van der Waals surface area contributed by atoms with Gasteiger partial charge in [-0.2, -0.15) is 0 Å². The van der Waals surface area contributed by atoms with E-state index in [0.29, 0.717) is 64.4 Å². The Morgan fingerprint density at radius 3 is 2.09 bits per heavy atom. The van der Waals surface area contributed by atoms with E-state index in [1.54, 1.807) is 26.5 Å². The maximum Gasteiger partial charge on any atom is 0.225 e. The third-order valence-electron chi connectivity index (χ3n) is 3.02. The molecule has 0 aromatic carbocycles. The van der Waals surface area contributed by atoms with Crippen molar-refractivity contribution in [3.05, 3.63) is 18.0 Å². The Morgan fingerprint density at radius 2 is 1.57 bits per heavy atom. The Hall–Kier alpha value is -1.32. The van der Waals surface area contributed by atoms with E-state index in [4.69, 9.17) is 18.9 Å². The number of aliphatic hydroxyl groups is 1. The smallest absolute Gasteiger partial charge is 0.225 e. The van der Waals surface area contributed by atoms with Crippen LogP contribution in [0.15, 0.2) is 12.3 Å². The number of anilines is 1. The molecule has 23 heavy (non-hydrogen) atoms. The summed E-state index contributed by atoms with van der Waals surface area (Å²) in [7, 11) is 3.28. The monoisotopic (exact) mass is 329 g/mol. The average molecular weight is 329 g/mol. The molecule has 132 valence electrons. The van der Waals surface area contributed by atoms with Crippen molar-refractivity contribution >= 4 is 5.95 Å². The highest BCUT2D eigenvalue weighted by molar-refractivity contribution is 5.30. The summed E-state index contributed by atoms with van der Waals surface area (Å²) < 4.78 is 20.9. The van der Waals surface area contributed by atoms with Gasteiger partial charge in [-0.15, -0.1) is 0 Å². The molecule has 0 radical (unpaired) electrons. The van der Waals surface area contributed by atoms with Crippen LogP contribution < -0.4 is 4.90 Å². The average Bonchev–Trinajstić information content (AvgIpc) is 2.59. The van der Waals surface area contributed by atoms with Gasteiger partial charge < -0.3 is 29.0 Å². The van der Waals surface area contributed by atoms with E-state index in [-0.39, 0.29) is 6.61 Å². The van der Waals surface area contributed by atoms with Crippen molar-refractivity contribution in [2.75, 3.05) is 71.9 Å². The maximum atomic E-state index is 9.20. The summed E-state index contributed by atoms with van der Waals surface area (Å²) >= 11 is 0. The minimum Gasteiger partial charge on any atom is -0.390 e. The van der Waals surface area contributed by atoms with Crippen molar-refractivity contribution in [3.8, 4) is 0 Å². The van der Waals surface area contributed by atoms with Crippen LogP contribution in [0.1, 0.15) is 5.69 Å². The number of hydrogen-bond donors (Lipinski definition) is 1. The minimum atomic E-state index is -0.113. The Morgan fingerprint density at radius 1 is 0.957 bits per heavy atom. The third kappa shape index (κ3) is 8.77. The molecule has 0 saturated carbocycles. The van der Waals surface area contributed by atoms with Gasteiger partial charge in [0.05, 0.1) is 51.9 Å². The second-order valence-electron chi connectivity index (χ2n) is 4.70. The zero-order valence-corrected chi connectivity index (χ0v) is 13.9. The van der Waals surface area contributed by atoms with Crippen molar-refractivity contribution in [1.82, 2.24) is 9.97 Å². The van der Waals surface area contributed by atoms with E-state index in [2.05, 4.69) is 9.97 Å². The molecule has 1 heterocycles. The first kappa shape index (κ1) is 19.7. The van der Waals surface area contributed by atoms with E-state index in [0.717, 1.165) is 0 Å². The van der Waals surface area contributed by atoms with Crippen LogP contribution in [0, 0.1) is 0 Å². The maximum absolute atomic E-state index is 9.20. The molecule has 0 aliphatic rings. The number of ether oxygens (including phenoxy) is 4. The summed E-state index contributed by atoms with van der Waals surface area (Å²) in [6, 6.07) is 1.69. The lowest BCUT2D eigenvalue weighted by Crippen LogP contribution is -2.33. The van der Waals surface area contributed by atoms with Crippen molar-refractivity contribution in [1.29, 1.82) is 0 Å². The van der Waals surface area contributed by atoms with Gasteiger partial charge in [0.1, 0.15) is 0 Å². The van der Waals surface area contributed by atoms with Gasteiger partial charge in [-0.1, -0.05) is 0 Å². The summed E-state index contributed by atoms with van der Waals surface area (Å²) in [5.41, 5.74) is 0.584. The van der Waals surface area contributed by atoms with Crippen LogP contribution >= 0.6 is 0 Å². The van der Waals surface area contributed by atoms with E-state index in [1.807, 2.05) is 4.90 Å². The minimum absolute atomic E-state index is 0.113. The topological polar surface area (TPSA) is 86.2 Å². The Bertz CT molecular complexity index is 394. The summed E-state index contributed by atoms with van der Waals surface area (Å²) in [6.07, 6.45) is 1.64. The number of aromatic nitrogens is 2. The van der Waals surface area contributed by atoms with Gasteiger partial charge in [-0.3, -0.25) is 0 Å². The molecule has 0 spiro atoms. The number of rotatable bonds is 14. The first-order valence-corrected chi connectivity index (χ1v) is 7.63. The molecule has 8 heteroatoms. The van der Waals surface area contributed by atoms with Crippen LogP contribution in [0.2, 0.25) is 0 Å². The molecule has 0 unspecified atom stereocenters. The quantitative estimate of drug-likeness (QED) is 0.481. The van der Waals surface area contributed by atoms with E-state index in [9.17, 15) is 5.11 Å². The lowest BCUT2D eigenvalue weighted by atomic mass is 10.4. The van der Waals surface area contributed by atoms with Gasteiger partial charge in [-0.05, 0) is 6.07 Å². The van der Waals surface area contributed by atoms with Gasteiger partial charge in [0.25, 0.3) is 0 Å². The highest BCUT2D eigenvalue weighted by atomic mass is 16.5. The number of methoxy groups -OCH3 is 2. The molecule has 1 aromatic heterocycles. The van der Waals surface area contributed by atoms with Gasteiger partial charge >= 0.3 is 0 Å². The molecular formula is C15H27N3O5. The zero-order chi connectivity index (χ0) is 16.8. The molecular weight excluding hydrogens is 302 g/mol. The normalized spacial score (nSPS) is 10.9. The summed E-state index contributed by atoms with van der Waals surface area (Å²) in [4.78, 5) is 10.6. The molecule has 0 aliphatic heterocycles. The number of hydrogen-bond acceptors (Lipinski definition) is 8. The second kappa shape index (κ2) is 13.1. The van der Waals surface area contributed by atoms with Crippen LogP contribution in [0.3, 0.4) is 0 Å². The molecule has 0 fully saturated rings. The fourth-order valence-electron chi connectivity index (χ4n) is 1.77. The number of aliphatic hydroxyl groups excluding tert-OH is 1. The highest BCUT2D eigenvalue weighted by Gasteiger charge is 2.10. The predicted molar refractivity (Wildman–Crippen MR) is 85.6 cm³/mol. The molecule has 0 amide bonds. The van der Waals surface area contributed by atoms with Gasteiger partial charge in [0, 0.05) is 33.5 Å². The van der Waals surface area contributed by atoms with Crippen molar-refractivity contribution in [2.45, 2.75) is 6.61 Å². The number of nitrogens with zero attached hydrogens (tertiary/aromatic N) is 3. The highest BCUT2D eigenvalue weighted by Crippen LogP contribution is 2.07. The first-order valence-electron chi connectivity index (χ1n) is 7.63. The zero-order valence-electron chi connectivity index (χ0n) is 13.9. The van der Waals surface area contributed by atoms with Gasteiger partial charge in [0.15, 0.2) is 0 Å². The standard InChI is InChI=1S/C15H27N3O5/c1-20-9-11-22-7-5-18(6-8-23-12-10-21-2)15-16-4-3-14(13-19)17-15/h3-4,19H,5-13H2,1-2H3. The van der Waals surface area contributed by atoms with Crippen molar-refractivity contribution in [3.63, 3.8) is 0 Å². The van der Waals surface area contributed by atoms with Crippen LogP contribution in [0.5, 0.6) is 0 Å².